The number of allylic oxidation sites excluding steroid dienone is 7. The predicted octanol–water partition coefficient (Wildman–Crippen LogP) is 18.6. The Balaban J connectivity index is 3.54. The van der Waals surface area contributed by atoms with Gasteiger partial charge in [-0.1, -0.05) is 255 Å². The second-order valence-electron chi connectivity index (χ2n) is 20.3. The number of nitrogens with one attached hydrogen (secondary N) is 1. The zero-order chi connectivity index (χ0) is 49.3. The molecule has 0 saturated heterocycles. The summed E-state index contributed by atoms with van der Waals surface area (Å²) in [5.74, 6) is -0.116. The Morgan fingerprint density at radius 3 is 1.13 bits per heavy atom. The topological polar surface area (TPSA) is 95.9 Å². The van der Waals surface area contributed by atoms with Gasteiger partial charge in [-0.3, -0.25) is 9.59 Å². The van der Waals surface area contributed by atoms with E-state index < -0.39 is 12.1 Å². The van der Waals surface area contributed by atoms with Gasteiger partial charge in [0.15, 0.2) is 0 Å². The standard InChI is InChI=1S/C62H115NO5/c1-3-5-7-9-11-13-15-17-19-21-22-24-26-30-34-38-42-46-50-54-60(65)59(58-64)63-61(66)55-51-47-43-39-35-31-27-25-29-33-37-41-45-49-53-57-68-62(67)56-52-48-44-40-36-32-28-23-20-18-16-14-12-10-8-6-4-2/h18,20,25,29,33,37,50,54,59-60,64-65H,3-17,19,21-24,26-28,30-32,34-36,38-49,51-53,55-58H2,1-2H3,(H,63,66)/b20-18-,29-25-,37-33-,54-50+. The van der Waals surface area contributed by atoms with Crippen LogP contribution >= 0.6 is 0 Å². The third-order valence-corrected chi connectivity index (χ3v) is 13.6. The van der Waals surface area contributed by atoms with Crippen molar-refractivity contribution in [3.8, 4) is 0 Å². The molecule has 0 rings (SSSR count). The number of hydrogen-bond acceptors (Lipinski definition) is 5. The van der Waals surface area contributed by atoms with Crippen LogP contribution in [0, 0.1) is 0 Å². The molecule has 2 atom stereocenters. The number of aliphatic hydroxyl groups is 2. The number of rotatable bonds is 55. The second-order valence-corrected chi connectivity index (χ2v) is 20.3. The molecule has 6 nitrogen and oxygen atoms in total. The van der Waals surface area contributed by atoms with E-state index in [0.29, 0.717) is 19.4 Å². The number of amides is 1. The van der Waals surface area contributed by atoms with Gasteiger partial charge < -0.3 is 20.3 Å². The Bertz CT molecular complexity index is 1150. The number of esters is 1. The van der Waals surface area contributed by atoms with Crippen LogP contribution in [0.1, 0.15) is 309 Å². The van der Waals surface area contributed by atoms with Crippen LogP contribution in [-0.4, -0.2) is 47.4 Å². The largest absolute Gasteiger partial charge is 0.466 e. The van der Waals surface area contributed by atoms with E-state index in [4.69, 9.17) is 4.74 Å². The average molecular weight is 955 g/mol. The van der Waals surface area contributed by atoms with Gasteiger partial charge in [-0.25, -0.2) is 0 Å². The number of hydrogen-bond donors (Lipinski definition) is 3. The molecule has 68 heavy (non-hydrogen) atoms. The Hall–Kier alpha value is -2.18. The summed E-state index contributed by atoms with van der Waals surface area (Å²) in [7, 11) is 0. The van der Waals surface area contributed by atoms with Crippen molar-refractivity contribution in [2.24, 2.45) is 0 Å². The summed E-state index contributed by atoms with van der Waals surface area (Å²) in [6.07, 6.45) is 72.8. The van der Waals surface area contributed by atoms with Gasteiger partial charge in [0.2, 0.25) is 5.91 Å². The summed E-state index contributed by atoms with van der Waals surface area (Å²) >= 11 is 0. The van der Waals surface area contributed by atoms with Crippen molar-refractivity contribution in [3.05, 3.63) is 48.6 Å². The minimum atomic E-state index is -0.860. The smallest absolute Gasteiger partial charge is 0.305 e. The van der Waals surface area contributed by atoms with Crippen molar-refractivity contribution in [1.29, 1.82) is 0 Å². The molecule has 0 saturated carbocycles. The maximum absolute atomic E-state index is 12.5. The molecular weight excluding hydrogens is 839 g/mol. The van der Waals surface area contributed by atoms with Crippen molar-refractivity contribution in [2.75, 3.05) is 13.2 Å². The predicted molar refractivity (Wildman–Crippen MR) is 296 cm³/mol. The van der Waals surface area contributed by atoms with Gasteiger partial charge in [-0.15, -0.1) is 0 Å². The van der Waals surface area contributed by atoms with Crippen LogP contribution in [0.5, 0.6) is 0 Å². The molecule has 1 amide bonds. The lowest BCUT2D eigenvalue weighted by molar-refractivity contribution is -0.143. The molecule has 0 spiro atoms. The number of unbranched alkanes of at least 4 members (excludes halogenated alkanes) is 39. The third-order valence-electron chi connectivity index (χ3n) is 13.6. The van der Waals surface area contributed by atoms with Gasteiger partial charge >= 0.3 is 5.97 Å². The SMILES string of the molecule is CCCCCCCC/C=C\CCCCCCCCCC(=O)OCCCCC/C=C\C=C/CCCCCCCCC(=O)NC(CO)C(O)/C=C/CCCCCCCCCCCCCCCCCCC. The summed E-state index contributed by atoms with van der Waals surface area (Å²) in [6, 6.07) is -0.646. The lowest BCUT2D eigenvalue weighted by Crippen LogP contribution is -2.45. The highest BCUT2D eigenvalue weighted by molar-refractivity contribution is 5.76. The number of ether oxygens (including phenoxy) is 1. The molecule has 3 N–H and O–H groups in total. The summed E-state index contributed by atoms with van der Waals surface area (Å²) in [6.45, 7) is 4.85. The maximum Gasteiger partial charge on any atom is 0.305 e. The fourth-order valence-corrected chi connectivity index (χ4v) is 8.97. The lowest BCUT2D eigenvalue weighted by Gasteiger charge is -2.20. The Morgan fingerprint density at radius 2 is 0.735 bits per heavy atom. The first-order chi connectivity index (χ1) is 33.5. The van der Waals surface area contributed by atoms with Crippen molar-refractivity contribution >= 4 is 11.9 Å². The van der Waals surface area contributed by atoms with E-state index in [1.54, 1.807) is 6.08 Å². The Labute approximate surface area is 423 Å². The van der Waals surface area contributed by atoms with Gasteiger partial charge in [0.25, 0.3) is 0 Å². The highest BCUT2D eigenvalue weighted by Crippen LogP contribution is 2.16. The second kappa shape index (κ2) is 57.4. The molecule has 0 fully saturated rings. The van der Waals surface area contributed by atoms with Gasteiger partial charge in [-0.2, -0.15) is 0 Å². The van der Waals surface area contributed by atoms with E-state index in [0.717, 1.165) is 77.0 Å². The van der Waals surface area contributed by atoms with Crippen LogP contribution in [0.15, 0.2) is 48.6 Å². The molecule has 0 aliphatic rings. The van der Waals surface area contributed by atoms with Crippen LogP contribution in [0.4, 0.5) is 0 Å². The van der Waals surface area contributed by atoms with Crippen molar-refractivity contribution < 1.29 is 24.5 Å². The van der Waals surface area contributed by atoms with Crippen molar-refractivity contribution in [3.63, 3.8) is 0 Å². The minimum Gasteiger partial charge on any atom is -0.466 e. The van der Waals surface area contributed by atoms with Crippen molar-refractivity contribution in [2.45, 2.75) is 321 Å². The van der Waals surface area contributed by atoms with Gasteiger partial charge in [0.05, 0.1) is 25.4 Å². The highest BCUT2D eigenvalue weighted by Gasteiger charge is 2.18. The Morgan fingerprint density at radius 1 is 0.412 bits per heavy atom. The molecule has 2 unspecified atom stereocenters. The molecule has 0 aromatic rings. The van der Waals surface area contributed by atoms with E-state index in [-0.39, 0.29) is 18.5 Å². The van der Waals surface area contributed by atoms with E-state index in [1.165, 1.54) is 205 Å². The zero-order valence-electron chi connectivity index (χ0n) is 45.3. The number of carbonyl (C=O) groups is 2. The molecule has 398 valence electrons. The molecule has 0 aliphatic carbocycles. The average Bonchev–Trinajstić information content (AvgIpc) is 3.34. The first-order valence-electron chi connectivity index (χ1n) is 29.9. The molecule has 0 heterocycles. The number of carbonyl (C=O) groups excluding carboxylic acids is 2. The number of aliphatic hydroxyl groups excluding tert-OH is 2. The van der Waals surface area contributed by atoms with Crippen LogP contribution in [0.25, 0.3) is 0 Å². The van der Waals surface area contributed by atoms with E-state index in [9.17, 15) is 19.8 Å². The van der Waals surface area contributed by atoms with Crippen LogP contribution in [0.2, 0.25) is 0 Å². The first kappa shape index (κ1) is 65.8. The molecule has 0 bridgehead atoms. The van der Waals surface area contributed by atoms with Crippen LogP contribution < -0.4 is 5.32 Å². The fraction of sp³-hybridized carbons (Fsp3) is 0.839. The summed E-state index contributed by atoms with van der Waals surface area (Å²) < 4.78 is 5.46. The quantitative estimate of drug-likeness (QED) is 0.0244. The molecule has 0 aliphatic heterocycles. The molecule has 0 radical (unpaired) electrons. The maximum atomic E-state index is 12.5. The summed E-state index contributed by atoms with van der Waals surface area (Å²) in [5, 5.41) is 23.1. The van der Waals surface area contributed by atoms with Crippen LogP contribution in [-0.2, 0) is 14.3 Å². The van der Waals surface area contributed by atoms with E-state index >= 15 is 0 Å². The van der Waals surface area contributed by atoms with E-state index in [2.05, 4.69) is 55.6 Å². The lowest BCUT2D eigenvalue weighted by atomic mass is 10.0. The summed E-state index contributed by atoms with van der Waals surface area (Å²) in [5.41, 5.74) is 0. The zero-order valence-corrected chi connectivity index (χ0v) is 45.3. The van der Waals surface area contributed by atoms with Crippen molar-refractivity contribution in [1.82, 2.24) is 5.32 Å². The molecule has 0 aromatic heterocycles. The molecule has 6 heteroatoms. The monoisotopic (exact) mass is 954 g/mol. The minimum absolute atomic E-state index is 0.0263. The summed E-state index contributed by atoms with van der Waals surface area (Å²) in [4.78, 5) is 24.5. The fourth-order valence-electron chi connectivity index (χ4n) is 8.97. The van der Waals surface area contributed by atoms with E-state index in [1.807, 2.05) is 6.08 Å². The Kier molecular flexibility index (Phi) is 55.6. The van der Waals surface area contributed by atoms with Gasteiger partial charge in [-0.05, 0) is 89.9 Å². The van der Waals surface area contributed by atoms with Crippen LogP contribution in [0.3, 0.4) is 0 Å². The van der Waals surface area contributed by atoms with Gasteiger partial charge in [0.1, 0.15) is 0 Å². The first-order valence-corrected chi connectivity index (χ1v) is 29.9. The molecule has 0 aromatic carbocycles. The highest BCUT2D eigenvalue weighted by atomic mass is 16.5. The normalized spacial score (nSPS) is 12.9. The molecular formula is C62H115NO5. The van der Waals surface area contributed by atoms with Gasteiger partial charge in [0, 0.05) is 12.8 Å². The third kappa shape index (κ3) is 53.2.